The van der Waals surface area contributed by atoms with Crippen LogP contribution in [0.2, 0.25) is 0 Å². The molecule has 0 atom stereocenters. The lowest BCUT2D eigenvalue weighted by atomic mass is 10.3. The number of hydrogen-bond acceptors (Lipinski definition) is 5. The second-order valence-electron chi connectivity index (χ2n) is 4.03. The van der Waals surface area contributed by atoms with Crippen molar-refractivity contribution in [2.75, 3.05) is 32.0 Å². The van der Waals surface area contributed by atoms with E-state index in [0.29, 0.717) is 23.9 Å². The Labute approximate surface area is 101 Å². The standard InChI is InChI=1S/C12H16N4O/c1-2-10-9-11(13)12(15-14-10)17-8-7-16-5-3-4-6-16/h1,9H,3-8H2,(H2,13,14). The van der Waals surface area contributed by atoms with Crippen LogP contribution in [-0.4, -0.2) is 41.3 Å². The van der Waals surface area contributed by atoms with Gasteiger partial charge in [0.2, 0.25) is 0 Å². The van der Waals surface area contributed by atoms with Gasteiger partial charge < -0.3 is 10.5 Å². The molecule has 1 fully saturated rings. The van der Waals surface area contributed by atoms with Gasteiger partial charge in [-0.3, -0.25) is 4.90 Å². The summed E-state index contributed by atoms with van der Waals surface area (Å²) in [7, 11) is 0. The fraction of sp³-hybridized carbons (Fsp3) is 0.500. The van der Waals surface area contributed by atoms with E-state index in [1.165, 1.54) is 12.8 Å². The van der Waals surface area contributed by atoms with Crippen molar-refractivity contribution in [1.82, 2.24) is 15.1 Å². The van der Waals surface area contributed by atoms with Crippen molar-refractivity contribution in [3.8, 4) is 18.2 Å². The van der Waals surface area contributed by atoms with E-state index in [2.05, 4.69) is 21.0 Å². The summed E-state index contributed by atoms with van der Waals surface area (Å²) >= 11 is 0. The Balaban J connectivity index is 1.84. The Morgan fingerprint density at radius 1 is 1.41 bits per heavy atom. The van der Waals surface area contributed by atoms with E-state index in [1.807, 2.05) is 0 Å². The van der Waals surface area contributed by atoms with Crippen molar-refractivity contribution in [1.29, 1.82) is 0 Å². The van der Waals surface area contributed by atoms with E-state index in [9.17, 15) is 0 Å². The fourth-order valence-corrected chi connectivity index (χ4v) is 1.86. The van der Waals surface area contributed by atoms with Crippen LogP contribution in [0.5, 0.6) is 5.88 Å². The van der Waals surface area contributed by atoms with Crippen molar-refractivity contribution in [2.45, 2.75) is 12.8 Å². The van der Waals surface area contributed by atoms with Crippen LogP contribution in [0, 0.1) is 12.3 Å². The highest BCUT2D eigenvalue weighted by Gasteiger charge is 2.11. The van der Waals surface area contributed by atoms with E-state index in [4.69, 9.17) is 16.9 Å². The monoisotopic (exact) mass is 232 g/mol. The molecular weight excluding hydrogens is 216 g/mol. The average Bonchev–Trinajstić information content (AvgIpc) is 2.84. The molecular formula is C12H16N4O. The molecule has 2 rings (SSSR count). The summed E-state index contributed by atoms with van der Waals surface area (Å²) in [4.78, 5) is 2.36. The molecule has 0 radical (unpaired) electrons. The molecule has 2 N–H and O–H groups in total. The summed E-state index contributed by atoms with van der Waals surface area (Å²) in [5.41, 5.74) is 6.62. The summed E-state index contributed by atoms with van der Waals surface area (Å²) in [5, 5.41) is 7.66. The van der Waals surface area contributed by atoms with Gasteiger partial charge in [-0.1, -0.05) is 0 Å². The number of aromatic nitrogens is 2. The maximum Gasteiger partial charge on any atom is 0.257 e. The molecule has 1 aliphatic rings. The zero-order valence-corrected chi connectivity index (χ0v) is 9.72. The largest absolute Gasteiger partial charge is 0.474 e. The van der Waals surface area contributed by atoms with Crippen molar-refractivity contribution < 1.29 is 4.74 Å². The van der Waals surface area contributed by atoms with Crippen LogP contribution in [0.4, 0.5) is 5.69 Å². The number of nitrogen functional groups attached to an aromatic ring is 1. The second-order valence-corrected chi connectivity index (χ2v) is 4.03. The summed E-state index contributed by atoms with van der Waals surface area (Å²) in [6.07, 6.45) is 7.75. The molecule has 2 heterocycles. The molecule has 5 heteroatoms. The SMILES string of the molecule is C#Cc1cc(N)c(OCCN2CCCC2)nn1. The maximum atomic E-state index is 5.75. The van der Waals surface area contributed by atoms with Gasteiger partial charge in [-0.2, -0.15) is 0 Å². The third kappa shape index (κ3) is 3.08. The Bertz CT molecular complexity index is 421. The molecule has 0 unspecified atom stereocenters. The minimum absolute atomic E-state index is 0.364. The predicted molar refractivity (Wildman–Crippen MR) is 65.5 cm³/mol. The molecule has 17 heavy (non-hydrogen) atoms. The number of nitrogens with zero attached hydrogens (tertiary/aromatic N) is 3. The number of ether oxygens (including phenoxy) is 1. The molecule has 1 aromatic rings. The molecule has 0 amide bonds. The number of terminal acetylenes is 1. The quantitative estimate of drug-likeness (QED) is 0.766. The first-order valence-electron chi connectivity index (χ1n) is 5.74. The van der Waals surface area contributed by atoms with E-state index < -0.39 is 0 Å². The van der Waals surface area contributed by atoms with Crippen LogP contribution in [0.3, 0.4) is 0 Å². The molecule has 0 spiro atoms. The minimum atomic E-state index is 0.364. The van der Waals surface area contributed by atoms with Crippen LogP contribution in [-0.2, 0) is 0 Å². The number of anilines is 1. The normalized spacial score (nSPS) is 15.7. The van der Waals surface area contributed by atoms with Crippen LogP contribution in [0.25, 0.3) is 0 Å². The molecule has 5 nitrogen and oxygen atoms in total. The number of likely N-dealkylation sites (tertiary alicyclic amines) is 1. The van der Waals surface area contributed by atoms with Gasteiger partial charge in [0.15, 0.2) is 0 Å². The van der Waals surface area contributed by atoms with Gasteiger partial charge in [0.05, 0.1) is 5.69 Å². The number of nitrogens with two attached hydrogens (primary N) is 1. The summed E-state index contributed by atoms with van der Waals surface area (Å²) in [5.74, 6) is 2.74. The lowest BCUT2D eigenvalue weighted by molar-refractivity contribution is 0.231. The molecule has 90 valence electrons. The highest BCUT2D eigenvalue weighted by Crippen LogP contribution is 2.16. The second kappa shape index (κ2) is 5.51. The van der Waals surface area contributed by atoms with E-state index >= 15 is 0 Å². The van der Waals surface area contributed by atoms with Gasteiger partial charge in [0, 0.05) is 12.6 Å². The van der Waals surface area contributed by atoms with Gasteiger partial charge in [-0.15, -0.1) is 16.6 Å². The van der Waals surface area contributed by atoms with Crippen molar-refractivity contribution in [3.05, 3.63) is 11.8 Å². The summed E-state index contributed by atoms with van der Waals surface area (Å²) in [6.45, 7) is 3.79. The lowest BCUT2D eigenvalue weighted by Gasteiger charge is -2.14. The first kappa shape index (κ1) is 11.7. The molecule has 0 saturated carbocycles. The Morgan fingerprint density at radius 2 is 2.18 bits per heavy atom. The van der Waals surface area contributed by atoms with Gasteiger partial charge in [0.25, 0.3) is 5.88 Å². The molecule has 1 saturated heterocycles. The van der Waals surface area contributed by atoms with Gasteiger partial charge in [-0.05, 0) is 31.9 Å². The van der Waals surface area contributed by atoms with E-state index in [1.54, 1.807) is 6.07 Å². The number of rotatable bonds is 4. The summed E-state index contributed by atoms with van der Waals surface area (Å²) < 4.78 is 5.49. The number of hydrogen-bond donors (Lipinski definition) is 1. The van der Waals surface area contributed by atoms with E-state index in [-0.39, 0.29) is 0 Å². The smallest absolute Gasteiger partial charge is 0.257 e. The first-order valence-corrected chi connectivity index (χ1v) is 5.74. The van der Waals surface area contributed by atoms with Crippen LogP contribution in [0.15, 0.2) is 6.07 Å². The van der Waals surface area contributed by atoms with Crippen molar-refractivity contribution in [3.63, 3.8) is 0 Å². The molecule has 0 aliphatic carbocycles. The molecule has 0 aromatic carbocycles. The van der Waals surface area contributed by atoms with Crippen molar-refractivity contribution >= 4 is 5.69 Å². The molecule has 1 aliphatic heterocycles. The van der Waals surface area contributed by atoms with Crippen LogP contribution >= 0.6 is 0 Å². The molecule has 1 aromatic heterocycles. The Hall–Kier alpha value is -1.80. The topological polar surface area (TPSA) is 64.3 Å². The van der Waals surface area contributed by atoms with Gasteiger partial charge in [-0.25, -0.2) is 0 Å². The lowest BCUT2D eigenvalue weighted by Crippen LogP contribution is -2.25. The average molecular weight is 232 g/mol. The minimum Gasteiger partial charge on any atom is -0.474 e. The Morgan fingerprint density at radius 3 is 2.82 bits per heavy atom. The van der Waals surface area contributed by atoms with Crippen LogP contribution in [0.1, 0.15) is 18.5 Å². The summed E-state index contributed by atoms with van der Waals surface area (Å²) in [6, 6.07) is 1.60. The predicted octanol–water partition coefficient (Wildman–Crippen LogP) is 0.515. The maximum absolute atomic E-state index is 5.75. The first-order chi connectivity index (χ1) is 8.29. The molecule has 0 bridgehead atoms. The zero-order valence-electron chi connectivity index (χ0n) is 9.72. The van der Waals surface area contributed by atoms with E-state index in [0.717, 1.165) is 19.6 Å². The third-order valence-electron chi connectivity index (χ3n) is 2.78. The highest BCUT2D eigenvalue weighted by molar-refractivity contribution is 5.50. The Kier molecular flexibility index (Phi) is 3.78. The van der Waals surface area contributed by atoms with Gasteiger partial charge >= 0.3 is 0 Å². The zero-order chi connectivity index (χ0) is 12.1. The van der Waals surface area contributed by atoms with Crippen molar-refractivity contribution in [2.24, 2.45) is 0 Å². The fourth-order valence-electron chi connectivity index (χ4n) is 1.86. The highest BCUT2D eigenvalue weighted by atomic mass is 16.5. The van der Waals surface area contributed by atoms with Gasteiger partial charge in [0.1, 0.15) is 12.3 Å². The third-order valence-corrected chi connectivity index (χ3v) is 2.78. The van der Waals surface area contributed by atoms with Crippen LogP contribution < -0.4 is 10.5 Å².